The lowest BCUT2D eigenvalue weighted by Crippen LogP contribution is -2.38. The van der Waals surface area contributed by atoms with Crippen LogP contribution in [-0.2, 0) is 0 Å². The molecule has 2 heterocycles. The molecule has 2 unspecified atom stereocenters. The van der Waals surface area contributed by atoms with Crippen LogP contribution < -0.4 is 5.32 Å². The Morgan fingerprint density at radius 2 is 2.07 bits per heavy atom. The first-order valence-corrected chi connectivity index (χ1v) is 6.30. The van der Waals surface area contributed by atoms with Crippen molar-refractivity contribution in [2.45, 2.75) is 45.1 Å². The van der Waals surface area contributed by atoms with Gasteiger partial charge in [0.25, 0.3) is 0 Å². The Kier molecular flexibility index (Phi) is 3.82. The molecule has 0 aromatic rings. The number of rotatable bonds is 2. The standard InChI is InChI=1S/C12H24N2/c1-11-4-3-8-14(9-6-11)10-12-5-2-7-13-12/h11-13H,2-10H2,1H3. The number of nitrogens with zero attached hydrogens (tertiary/aromatic N) is 1. The topological polar surface area (TPSA) is 15.3 Å². The molecule has 2 aliphatic heterocycles. The summed E-state index contributed by atoms with van der Waals surface area (Å²) in [7, 11) is 0. The Balaban J connectivity index is 1.73. The second kappa shape index (κ2) is 5.13. The molecule has 0 aliphatic carbocycles. The quantitative estimate of drug-likeness (QED) is 0.725. The summed E-state index contributed by atoms with van der Waals surface area (Å²) in [5, 5.41) is 3.59. The van der Waals surface area contributed by atoms with Crippen molar-refractivity contribution in [3.05, 3.63) is 0 Å². The lowest BCUT2D eigenvalue weighted by molar-refractivity contribution is 0.256. The highest BCUT2D eigenvalue weighted by molar-refractivity contribution is 4.79. The van der Waals surface area contributed by atoms with E-state index < -0.39 is 0 Å². The highest BCUT2D eigenvalue weighted by Crippen LogP contribution is 2.17. The average Bonchev–Trinajstić information content (AvgIpc) is 2.58. The molecule has 2 aliphatic rings. The van der Waals surface area contributed by atoms with Crippen molar-refractivity contribution in [3.8, 4) is 0 Å². The normalized spacial score (nSPS) is 35.8. The molecule has 2 saturated heterocycles. The summed E-state index contributed by atoms with van der Waals surface area (Å²) in [6.07, 6.45) is 7.04. The van der Waals surface area contributed by atoms with Gasteiger partial charge in [-0.3, -0.25) is 0 Å². The molecule has 0 spiro atoms. The molecule has 2 fully saturated rings. The zero-order valence-corrected chi connectivity index (χ0v) is 9.47. The van der Waals surface area contributed by atoms with Crippen molar-refractivity contribution in [1.82, 2.24) is 10.2 Å². The van der Waals surface area contributed by atoms with Gasteiger partial charge in [-0.2, -0.15) is 0 Å². The van der Waals surface area contributed by atoms with E-state index in [1.165, 1.54) is 58.3 Å². The van der Waals surface area contributed by atoms with Crippen molar-refractivity contribution in [2.75, 3.05) is 26.2 Å². The van der Waals surface area contributed by atoms with Crippen LogP contribution in [-0.4, -0.2) is 37.1 Å². The van der Waals surface area contributed by atoms with Gasteiger partial charge in [-0.1, -0.05) is 6.92 Å². The maximum Gasteiger partial charge on any atom is 0.0195 e. The van der Waals surface area contributed by atoms with Crippen LogP contribution >= 0.6 is 0 Å². The molecule has 2 heteroatoms. The van der Waals surface area contributed by atoms with Gasteiger partial charge < -0.3 is 10.2 Å². The Morgan fingerprint density at radius 3 is 2.86 bits per heavy atom. The van der Waals surface area contributed by atoms with Gasteiger partial charge >= 0.3 is 0 Å². The molecule has 0 bridgehead atoms. The van der Waals surface area contributed by atoms with Crippen molar-refractivity contribution in [3.63, 3.8) is 0 Å². The van der Waals surface area contributed by atoms with E-state index in [1.54, 1.807) is 0 Å². The van der Waals surface area contributed by atoms with E-state index in [-0.39, 0.29) is 0 Å². The maximum atomic E-state index is 3.59. The third kappa shape index (κ3) is 2.96. The summed E-state index contributed by atoms with van der Waals surface area (Å²) in [6.45, 7) is 7.61. The number of hydrogen-bond acceptors (Lipinski definition) is 2. The van der Waals surface area contributed by atoms with Gasteiger partial charge in [0, 0.05) is 12.6 Å². The second-order valence-electron chi connectivity index (χ2n) is 5.13. The van der Waals surface area contributed by atoms with Crippen LogP contribution in [0.25, 0.3) is 0 Å². The Morgan fingerprint density at radius 1 is 1.14 bits per heavy atom. The molecule has 0 aromatic heterocycles. The van der Waals surface area contributed by atoms with Crippen molar-refractivity contribution >= 4 is 0 Å². The van der Waals surface area contributed by atoms with Gasteiger partial charge in [0.05, 0.1) is 0 Å². The lowest BCUT2D eigenvalue weighted by Gasteiger charge is -2.23. The van der Waals surface area contributed by atoms with Gasteiger partial charge in [-0.05, 0) is 57.7 Å². The molecule has 0 radical (unpaired) electrons. The zero-order chi connectivity index (χ0) is 9.80. The van der Waals surface area contributed by atoms with Crippen LogP contribution in [0.5, 0.6) is 0 Å². The molecule has 0 amide bonds. The van der Waals surface area contributed by atoms with Gasteiger partial charge in [0.15, 0.2) is 0 Å². The smallest absolute Gasteiger partial charge is 0.0195 e. The Hall–Kier alpha value is -0.0800. The summed E-state index contributed by atoms with van der Waals surface area (Å²) in [5.74, 6) is 0.955. The van der Waals surface area contributed by atoms with Gasteiger partial charge in [-0.25, -0.2) is 0 Å². The number of likely N-dealkylation sites (tertiary alicyclic amines) is 1. The molecule has 0 aromatic carbocycles. The molecule has 2 rings (SSSR count). The van der Waals surface area contributed by atoms with Crippen molar-refractivity contribution < 1.29 is 0 Å². The third-order valence-corrected chi connectivity index (χ3v) is 3.75. The van der Waals surface area contributed by atoms with Gasteiger partial charge in [-0.15, -0.1) is 0 Å². The van der Waals surface area contributed by atoms with E-state index in [1.807, 2.05) is 0 Å². The molecule has 2 nitrogen and oxygen atoms in total. The lowest BCUT2D eigenvalue weighted by atomic mass is 10.0. The van der Waals surface area contributed by atoms with Crippen molar-refractivity contribution in [1.29, 1.82) is 0 Å². The van der Waals surface area contributed by atoms with Crippen LogP contribution in [0.3, 0.4) is 0 Å². The summed E-state index contributed by atoms with van der Waals surface area (Å²) in [6, 6.07) is 0.795. The number of hydrogen-bond donors (Lipinski definition) is 1. The summed E-state index contributed by atoms with van der Waals surface area (Å²) in [5.41, 5.74) is 0. The van der Waals surface area contributed by atoms with Gasteiger partial charge in [0.1, 0.15) is 0 Å². The van der Waals surface area contributed by atoms with Crippen LogP contribution in [0.2, 0.25) is 0 Å². The first-order valence-electron chi connectivity index (χ1n) is 6.30. The fraction of sp³-hybridized carbons (Fsp3) is 1.00. The fourth-order valence-electron chi connectivity index (χ4n) is 2.73. The molecule has 82 valence electrons. The highest BCUT2D eigenvalue weighted by atomic mass is 15.2. The minimum Gasteiger partial charge on any atom is -0.313 e. The Labute approximate surface area is 88.1 Å². The predicted molar refractivity (Wildman–Crippen MR) is 60.5 cm³/mol. The molecular weight excluding hydrogens is 172 g/mol. The van der Waals surface area contributed by atoms with Crippen LogP contribution in [0.15, 0.2) is 0 Å². The van der Waals surface area contributed by atoms with E-state index >= 15 is 0 Å². The second-order valence-corrected chi connectivity index (χ2v) is 5.13. The maximum absolute atomic E-state index is 3.59. The molecular formula is C12H24N2. The first-order chi connectivity index (χ1) is 6.84. The van der Waals surface area contributed by atoms with E-state index in [4.69, 9.17) is 0 Å². The third-order valence-electron chi connectivity index (χ3n) is 3.75. The summed E-state index contributed by atoms with van der Waals surface area (Å²) < 4.78 is 0. The Bertz CT molecular complexity index is 164. The fourth-order valence-corrected chi connectivity index (χ4v) is 2.73. The molecule has 0 saturated carbocycles. The van der Waals surface area contributed by atoms with E-state index in [0.29, 0.717) is 0 Å². The monoisotopic (exact) mass is 196 g/mol. The highest BCUT2D eigenvalue weighted by Gasteiger charge is 2.19. The van der Waals surface area contributed by atoms with E-state index in [2.05, 4.69) is 17.1 Å². The van der Waals surface area contributed by atoms with Crippen LogP contribution in [0.4, 0.5) is 0 Å². The van der Waals surface area contributed by atoms with Gasteiger partial charge in [0.2, 0.25) is 0 Å². The minimum absolute atomic E-state index is 0.795. The summed E-state index contributed by atoms with van der Waals surface area (Å²) >= 11 is 0. The van der Waals surface area contributed by atoms with E-state index in [0.717, 1.165) is 12.0 Å². The minimum atomic E-state index is 0.795. The average molecular weight is 196 g/mol. The molecule has 2 atom stereocenters. The predicted octanol–water partition coefficient (Wildman–Crippen LogP) is 1.86. The summed E-state index contributed by atoms with van der Waals surface area (Å²) in [4.78, 5) is 2.67. The van der Waals surface area contributed by atoms with Crippen LogP contribution in [0, 0.1) is 5.92 Å². The van der Waals surface area contributed by atoms with E-state index in [9.17, 15) is 0 Å². The number of nitrogens with one attached hydrogen (secondary N) is 1. The molecule has 1 N–H and O–H groups in total. The zero-order valence-electron chi connectivity index (χ0n) is 9.47. The molecule has 14 heavy (non-hydrogen) atoms. The van der Waals surface area contributed by atoms with Crippen LogP contribution in [0.1, 0.15) is 39.0 Å². The first kappa shape index (κ1) is 10.4. The SMILES string of the molecule is CC1CCCN(CC2CCCN2)CC1. The van der Waals surface area contributed by atoms with Crippen molar-refractivity contribution in [2.24, 2.45) is 5.92 Å². The largest absolute Gasteiger partial charge is 0.313 e.